The van der Waals surface area contributed by atoms with Crippen LogP contribution in [0.1, 0.15) is 11.1 Å². The summed E-state index contributed by atoms with van der Waals surface area (Å²) in [6.45, 7) is 1.93. The van der Waals surface area contributed by atoms with Crippen LogP contribution in [0.3, 0.4) is 0 Å². The SMILES string of the molecule is Cc1c(Cl)cccc1NCC(=O)N/N=C\c1c(O)ccc2ccccc12. The van der Waals surface area contributed by atoms with Gasteiger partial charge in [-0.2, -0.15) is 5.10 Å². The molecule has 26 heavy (non-hydrogen) atoms. The number of hydrogen-bond donors (Lipinski definition) is 3. The van der Waals surface area contributed by atoms with E-state index in [1.807, 2.05) is 49.4 Å². The van der Waals surface area contributed by atoms with E-state index in [0.29, 0.717) is 10.6 Å². The Balaban J connectivity index is 1.65. The maximum absolute atomic E-state index is 12.0. The largest absolute Gasteiger partial charge is 0.507 e. The summed E-state index contributed by atoms with van der Waals surface area (Å²) in [7, 11) is 0. The number of nitrogens with one attached hydrogen (secondary N) is 2. The molecule has 6 heteroatoms. The molecule has 0 atom stereocenters. The third-order valence-electron chi connectivity index (χ3n) is 4.04. The Labute approximate surface area is 156 Å². The number of benzene rings is 3. The Morgan fingerprint density at radius 1 is 1.15 bits per heavy atom. The molecule has 0 aromatic heterocycles. The zero-order valence-electron chi connectivity index (χ0n) is 14.2. The highest BCUT2D eigenvalue weighted by molar-refractivity contribution is 6.31. The first-order chi connectivity index (χ1) is 12.6. The third kappa shape index (κ3) is 3.95. The lowest BCUT2D eigenvalue weighted by atomic mass is 10.0. The lowest BCUT2D eigenvalue weighted by Gasteiger charge is -2.09. The van der Waals surface area contributed by atoms with Gasteiger partial charge in [0.1, 0.15) is 5.75 Å². The Morgan fingerprint density at radius 2 is 1.96 bits per heavy atom. The molecule has 0 fully saturated rings. The molecule has 0 saturated heterocycles. The summed E-state index contributed by atoms with van der Waals surface area (Å²) in [4.78, 5) is 12.0. The van der Waals surface area contributed by atoms with Crippen molar-refractivity contribution in [3.63, 3.8) is 0 Å². The van der Waals surface area contributed by atoms with Gasteiger partial charge in [-0.3, -0.25) is 4.79 Å². The zero-order valence-corrected chi connectivity index (χ0v) is 14.9. The van der Waals surface area contributed by atoms with Crippen molar-refractivity contribution in [3.05, 3.63) is 70.7 Å². The standard InChI is InChI=1S/C20H18ClN3O2/c1-13-17(21)7-4-8-18(13)22-12-20(26)24-23-11-16-15-6-3-2-5-14(15)9-10-19(16)25/h2-11,22,25H,12H2,1H3,(H,24,26)/b23-11-. The van der Waals surface area contributed by atoms with E-state index < -0.39 is 0 Å². The van der Waals surface area contributed by atoms with Crippen LogP contribution in [0.4, 0.5) is 5.69 Å². The van der Waals surface area contributed by atoms with Gasteiger partial charge in [-0.1, -0.05) is 48.0 Å². The molecule has 0 spiro atoms. The van der Waals surface area contributed by atoms with E-state index in [9.17, 15) is 9.90 Å². The van der Waals surface area contributed by atoms with Crippen molar-refractivity contribution < 1.29 is 9.90 Å². The number of fused-ring (bicyclic) bond motifs is 1. The molecule has 0 aliphatic carbocycles. The van der Waals surface area contributed by atoms with Gasteiger partial charge in [0.05, 0.1) is 12.8 Å². The van der Waals surface area contributed by atoms with Gasteiger partial charge in [-0.15, -0.1) is 0 Å². The molecule has 132 valence electrons. The van der Waals surface area contributed by atoms with E-state index in [2.05, 4.69) is 15.8 Å². The fraction of sp³-hybridized carbons (Fsp3) is 0.100. The summed E-state index contributed by atoms with van der Waals surface area (Å²) in [5.41, 5.74) is 4.68. The fourth-order valence-corrected chi connectivity index (χ4v) is 2.78. The molecule has 5 nitrogen and oxygen atoms in total. The average Bonchev–Trinajstić information content (AvgIpc) is 2.65. The second kappa shape index (κ2) is 7.89. The van der Waals surface area contributed by atoms with Gasteiger partial charge in [0, 0.05) is 16.3 Å². The summed E-state index contributed by atoms with van der Waals surface area (Å²) in [5, 5.41) is 19.5. The number of hydrazone groups is 1. The van der Waals surface area contributed by atoms with Gasteiger partial charge in [0.15, 0.2) is 0 Å². The van der Waals surface area contributed by atoms with E-state index in [1.165, 1.54) is 6.21 Å². The van der Waals surface area contributed by atoms with Gasteiger partial charge in [-0.05, 0) is 41.5 Å². The Morgan fingerprint density at radius 3 is 2.81 bits per heavy atom. The predicted molar refractivity (Wildman–Crippen MR) is 106 cm³/mol. The van der Waals surface area contributed by atoms with Crippen LogP contribution < -0.4 is 10.7 Å². The Bertz CT molecular complexity index is 986. The molecule has 3 aromatic rings. The summed E-state index contributed by atoms with van der Waals surface area (Å²) < 4.78 is 0. The predicted octanol–water partition coefficient (Wildman–Crippen LogP) is 4.07. The van der Waals surface area contributed by atoms with E-state index in [1.54, 1.807) is 12.1 Å². The lowest BCUT2D eigenvalue weighted by molar-refractivity contribution is -0.119. The number of anilines is 1. The van der Waals surface area contributed by atoms with Crippen molar-refractivity contribution >= 4 is 40.2 Å². The average molecular weight is 368 g/mol. The normalized spacial score (nSPS) is 11.0. The molecule has 0 saturated carbocycles. The van der Waals surface area contributed by atoms with E-state index in [4.69, 9.17) is 11.6 Å². The molecule has 0 aliphatic heterocycles. The van der Waals surface area contributed by atoms with Crippen molar-refractivity contribution in [1.82, 2.24) is 5.43 Å². The van der Waals surface area contributed by atoms with Gasteiger partial charge in [0.2, 0.25) is 0 Å². The molecule has 0 bridgehead atoms. The highest BCUT2D eigenvalue weighted by Gasteiger charge is 2.06. The molecule has 3 aromatic carbocycles. The molecular weight excluding hydrogens is 350 g/mol. The fourth-order valence-electron chi connectivity index (χ4n) is 2.60. The summed E-state index contributed by atoms with van der Waals surface area (Å²) in [6, 6.07) is 16.5. The first kappa shape index (κ1) is 17.8. The van der Waals surface area contributed by atoms with Gasteiger partial charge in [-0.25, -0.2) is 5.43 Å². The molecular formula is C20H18ClN3O2. The number of carbonyl (C=O) groups is 1. The molecule has 1 amide bonds. The molecule has 3 N–H and O–H groups in total. The lowest BCUT2D eigenvalue weighted by Crippen LogP contribution is -2.26. The number of phenols is 1. The second-order valence-electron chi connectivity index (χ2n) is 5.78. The number of phenolic OH excluding ortho intramolecular Hbond substituents is 1. The molecule has 0 unspecified atom stereocenters. The van der Waals surface area contributed by atoms with Crippen molar-refractivity contribution in [1.29, 1.82) is 0 Å². The Hall–Kier alpha value is -3.05. The zero-order chi connectivity index (χ0) is 18.5. The maximum atomic E-state index is 12.0. The molecule has 3 rings (SSSR count). The topological polar surface area (TPSA) is 73.7 Å². The minimum Gasteiger partial charge on any atom is -0.507 e. The van der Waals surface area contributed by atoms with Crippen LogP contribution in [0.5, 0.6) is 5.75 Å². The van der Waals surface area contributed by atoms with Crippen molar-refractivity contribution in [2.45, 2.75) is 6.92 Å². The van der Waals surface area contributed by atoms with Gasteiger partial charge < -0.3 is 10.4 Å². The number of amides is 1. The summed E-state index contributed by atoms with van der Waals surface area (Å²) >= 11 is 6.06. The molecule has 0 aliphatic rings. The number of nitrogens with zero attached hydrogens (tertiary/aromatic N) is 1. The van der Waals surface area contributed by atoms with Crippen LogP contribution in [0.25, 0.3) is 10.8 Å². The Kier molecular flexibility index (Phi) is 5.39. The van der Waals surface area contributed by atoms with Crippen molar-refractivity contribution in [2.75, 3.05) is 11.9 Å². The van der Waals surface area contributed by atoms with E-state index in [0.717, 1.165) is 22.0 Å². The van der Waals surface area contributed by atoms with E-state index >= 15 is 0 Å². The summed E-state index contributed by atoms with van der Waals surface area (Å²) in [6.07, 6.45) is 1.44. The number of rotatable bonds is 5. The van der Waals surface area contributed by atoms with Crippen LogP contribution in [0.15, 0.2) is 59.7 Å². The smallest absolute Gasteiger partial charge is 0.259 e. The number of aromatic hydroxyl groups is 1. The first-order valence-corrected chi connectivity index (χ1v) is 8.45. The summed E-state index contributed by atoms with van der Waals surface area (Å²) in [5.74, 6) is -0.199. The minimum atomic E-state index is -0.305. The number of carbonyl (C=O) groups excluding carboxylic acids is 1. The van der Waals surface area contributed by atoms with Crippen LogP contribution in [-0.2, 0) is 4.79 Å². The molecule has 0 heterocycles. The van der Waals surface area contributed by atoms with Crippen LogP contribution in [0.2, 0.25) is 5.02 Å². The van der Waals surface area contributed by atoms with Gasteiger partial charge in [0.25, 0.3) is 5.91 Å². The third-order valence-corrected chi connectivity index (χ3v) is 4.45. The maximum Gasteiger partial charge on any atom is 0.259 e. The highest BCUT2D eigenvalue weighted by atomic mass is 35.5. The van der Waals surface area contributed by atoms with Crippen LogP contribution in [-0.4, -0.2) is 23.8 Å². The highest BCUT2D eigenvalue weighted by Crippen LogP contribution is 2.25. The first-order valence-electron chi connectivity index (χ1n) is 8.08. The van der Waals surface area contributed by atoms with Crippen LogP contribution in [0, 0.1) is 6.92 Å². The monoisotopic (exact) mass is 367 g/mol. The quantitative estimate of drug-likeness (QED) is 0.470. The molecule has 0 radical (unpaired) electrons. The van der Waals surface area contributed by atoms with E-state index in [-0.39, 0.29) is 18.2 Å². The second-order valence-corrected chi connectivity index (χ2v) is 6.19. The number of hydrogen-bond acceptors (Lipinski definition) is 4. The van der Waals surface area contributed by atoms with Crippen molar-refractivity contribution in [2.24, 2.45) is 5.10 Å². The van der Waals surface area contributed by atoms with Gasteiger partial charge >= 0.3 is 0 Å². The van der Waals surface area contributed by atoms with Crippen LogP contribution >= 0.6 is 11.6 Å². The van der Waals surface area contributed by atoms with Crippen molar-refractivity contribution in [3.8, 4) is 5.75 Å². The minimum absolute atomic E-state index is 0.0556. The number of halogens is 1.